The molecule has 2 aromatic heterocycles. The predicted octanol–water partition coefficient (Wildman–Crippen LogP) is 4.22. The Hall–Kier alpha value is -2.04. The van der Waals surface area contributed by atoms with Crippen molar-refractivity contribution in [2.24, 2.45) is 0 Å². The van der Waals surface area contributed by atoms with Gasteiger partial charge in [-0.1, -0.05) is 11.6 Å². The lowest BCUT2D eigenvalue weighted by molar-refractivity contribution is 0.0337. The zero-order chi connectivity index (χ0) is 20.9. The number of aryl methyl sites for hydroxylation is 1. The van der Waals surface area contributed by atoms with E-state index in [1.807, 2.05) is 12.3 Å². The summed E-state index contributed by atoms with van der Waals surface area (Å²) in [5, 5.41) is 6.86. The summed E-state index contributed by atoms with van der Waals surface area (Å²) < 4.78 is 11.1. The Kier molecular flexibility index (Phi) is 6.96. The fourth-order valence-corrected chi connectivity index (χ4v) is 4.68. The number of ether oxygens (including phenoxy) is 2. The number of halogens is 1. The van der Waals surface area contributed by atoms with Crippen molar-refractivity contribution in [3.05, 3.63) is 55.9 Å². The van der Waals surface area contributed by atoms with Gasteiger partial charge in [-0.2, -0.15) is 0 Å². The molecule has 1 aliphatic rings. The van der Waals surface area contributed by atoms with E-state index in [1.54, 1.807) is 24.3 Å². The first-order chi connectivity index (χ1) is 14.6. The molecule has 0 radical (unpaired) electrons. The molecule has 0 atom stereocenters. The number of rotatable bonds is 7. The van der Waals surface area contributed by atoms with E-state index in [4.69, 9.17) is 21.1 Å². The third-order valence-electron chi connectivity index (χ3n) is 4.48. The minimum Gasteiger partial charge on any atom is -0.486 e. The lowest BCUT2D eigenvalue weighted by Gasteiger charge is -2.25. The highest BCUT2D eigenvalue weighted by atomic mass is 35.5. The molecule has 1 amide bonds. The van der Waals surface area contributed by atoms with Crippen LogP contribution in [0.1, 0.15) is 26.1 Å². The number of aromatic nitrogens is 2. The second kappa shape index (κ2) is 9.84. The number of anilines is 1. The molecule has 0 spiro atoms. The van der Waals surface area contributed by atoms with Crippen molar-refractivity contribution in [1.82, 2.24) is 14.9 Å². The number of amides is 1. The average molecular weight is 465 g/mol. The fraction of sp³-hybridized carbons (Fsp3) is 0.350. The fourth-order valence-electron chi connectivity index (χ4n) is 2.98. The van der Waals surface area contributed by atoms with Crippen molar-refractivity contribution in [2.45, 2.75) is 20.1 Å². The van der Waals surface area contributed by atoms with Gasteiger partial charge in [-0.05, 0) is 31.2 Å². The third-order valence-corrected chi connectivity index (χ3v) is 6.67. The van der Waals surface area contributed by atoms with Crippen LogP contribution in [-0.2, 0) is 17.9 Å². The molecule has 0 bridgehead atoms. The second-order valence-electron chi connectivity index (χ2n) is 6.75. The lowest BCUT2D eigenvalue weighted by Crippen LogP contribution is -2.35. The minimum atomic E-state index is -0.199. The smallest absolute Gasteiger partial charge is 0.269 e. The molecule has 1 aromatic carbocycles. The van der Waals surface area contributed by atoms with Gasteiger partial charge in [-0.25, -0.2) is 9.97 Å². The number of hydrogen-bond acceptors (Lipinski definition) is 8. The van der Waals surface area contributed by atoms with Crippen LogP contribution in [0.15, 0.2) is 29.6 Å². The van der Waals surface area contributed by atoms with Gasteiger partial charge in [-0.15, -0.1) is 22.7 Å². The third kappa shape index (κ3) is 5.55. The Bertz CT molecular complexity index is 1000. The Labute approximate surface area is 187 Å². The maximum absolute atomic E-state index is 12.7. The molecule has 158 valence electrons. The molecule has 0 aliphatic carbocycles. The molecule has 1 saturated heterocycles. The standard InChI is InChI=1S/C20H21ClN4O3S2/c1-13-18(30-17(22-13)11-28-16-4-2-14(21)3-5-16)19(26)24-20-23-15(12-29-20)10-25-6-8-27-9-7-25/h2-5,12H,6-11H2,1H3,(H,23,24,26). The molecule has 1 N–H and O–H groups in total. The zero-order valence-electron chi connectivity index (χ0n) is 16.4. The number of carbonyl (C=O) groups excluding carboxylic acids is 1. The summed E-state index contributed by atoms with van der Waals surface area (Å²) in [5.74, 6) is 0.504. The SMILES string of the molecule is Cc1nc(COc2ccc(Cl)cc2)sc1C(=O)Nc1nc(CN2CCOCC2)cs1. The van der Waals surface area contributed by atoms with Crippen LogP contribution >= 0.6 is 34.3 Å². The van der Waals surface area contributed by atoms with Gasteiger partial charge in [0.15, 0.2) is 5.13 Å². The van der Waals surface area contributed by atoms with Gasteiger partial charge in [-0.3, -0.25) is 15.0 Å². The van der Waals surface area contributed by atoms with Crippen molar-refractivity contribution in [2.75, 3.05) is 31.6 Å². The molecule has 1 aliphatic heterocycles. The highest BCUT2D eigenvalue weighted by Crippen LogP contribution is 2.24. The maximum Gasteiger partial charge on any atom is 0.269 e. The molecule has 10 heteroatoms. The van der Waals surface area contributed by atoms with E-state index in [0.717, 1.165) is 43.5 Å². The predicted molar refractivity (Wildman–Crippen MR) is 119 cm³/mol. The van der Waals surface area contributed by atoms with Gasteiger partial charge in [0.2, 0.25) is 0 Å². The lowest BCUT2D eigenvalue weighted by atomic mass is 10.3. The number of hydrogen-bond donors (Lipinski definition) is 1. The highest BCUT2D eigenvalue weighted by molar-refractivity contribution is 7.15. The van der Waals surface area contributed by atoms with Gasteiger partial charge in [0.25, 0.3) is 5.91 Å². The highest BCUT2D eigenvalue weighted by Gasteiger charge is 2.18. The maximum atomic E-state index is 12.7. The van der Waals surface area contributed by atoms with E-state index in [-0.39, 0.29) is 5.91 Å². The number of nitrogens with zero attached hydrogens (tertiary/aromatic N) is 3. The van der Waals surface area contributed by atoms with Crippen molar-refractivity contribution in [1.29, 1.82) is 0 Å². The number of thiazole rings is 2. The van der Waals surface area contributed by atoms with E-state index in [1.165, 1.54) is 22.7 Å². The van der Waals surface area contributed by atoms with Gasteiger partial charge >= 0.3 is 0 Å². The largest absolute Gasteiger partial charge is 0.486 e. The normalized spacial score (nSPS) is 14.6. The van der Waals surface area contributed by atoms with Gasteiger partial charge in [0, 0.05) is 30.0 Å². The van der Waals surface area contributed by atoms with Crippen LogP contribution in [0.4, 0.5) is 5.13 Å². The molecule has 4 rings (SSSR count). The molecule has 1 fully saturated rings. The minimum absolute atomic E-state index is 0.199. The topological polar surface area (TPSA) is 76.6 Å². The van der Waals surface area contributed by atoms with Crippen LogP contribution < -0.4 is 10.1 Å². The number of carbonyl (C=O) groups is 1. The first kappa shape index (κ1) is 21.2. The molecule has 0 unspecified atom stereocenters. The summed E-state index contributed by atoms with van der Waals surface area (Å²) in [5.41, 5.74) is 1.63. The average Bonchev–Trinajstić information content (AvgIpc) is 3.34. The Morgan fingerprint density at radius 3 is 2.80 bits per heavy atom. The van der Waals surface area contributed by atoms with Crippen molar-refractivity contribution < 1.29 is 14.3 Å². The van der Waals surface area contributed by atoms with Crippen molar-refractivity contribution in [3.8, 4) is 5.75 Å². The molecule has 30 heavy (non-hydrogen) atoms. The summed E-state index contributed by atoms with van der Waals surface area (Å²) in [7, 11) is 0. The van der Waals surface area contributed by atoms with Crippen LogP contribution in [0.3, 0.4) is 0 Å². The molecule has 7 nitrogen and oxygen atoms in total. The van der Waals surface area contributed by atoms with Gasteiger partial charge in [0.05, 0.1) is 24.6 Å². The number of benzene rings is 1. The molecular formula is C20H21ClN4O3S2. The van der Waals surface area contributed by atoms with E-state index in [2.05, 4.69) is 20.2 Å². The van der Waals surface area contributed by atoms with Crippen LogP contribution in [0.2, 0.25) is 5.02 Å². The first-order valence-electron chi connectivity index (χ1n) is 9.47. The monoisotopic (exact) mass is 464 g/mol. The summed E-state index contributed by atoms with van der Waals surface area (Å²) in [6.07, 6.45) is 0. The summed E-state index contributed by atoms with van der Waals surface area (Å²) in [6, 6.07) is 7.13. The Morgan fingerprint density at radius 2 is 2.03 bits per heavy atom. The van der Waals surface area contributed by atoms with Crippen LogP contribution in [-0.4, -0.2) is 47.1 Å². The Balaban J connectivity index is 1.33. The quantitative estimate of drug-likeness (QED) is 0.564. The van der Waals surface area contributed by atoms with E-state index >= 15 is 0 Å². The van der Waals surface area contributed by atoms with Crippen LogP contribution in [0, 0.1) is 6.92 Å². The summed E-state index contributed by atoms with van der Waals surface area (Å²) in [4.78, 5) is 24.6. The number of morpholine rings is 1. The summed E-state index contributed by atoms with van der Waals surface area (Å²) >= 11 is 8.64. The molecular weight excluding hydrogens is 444 g/mol. The number of nitrogens with one attached hydrogen (secondary N) is 1. The molecule has 0 saturated carbocycles. The van der Waals surface area contributed by atoms with E-state index in [0.29, 0.717) is 33.1 Å². The summed E-state index contributed by atoms with van der Waals surface area (Å²) in [6.45, 7) is 6.19. The van der Waals surface area contributed by atoms with E-state index < -0.39 is 0 Å². The van der Waals surface area contributed by atoms with E-state index in [9.17, 15) is 4.79 Å². The van der Waals surface area contributed by atoms with Gasteiger partial charge < -0.3 is 9.47 Å². The van der Waals surface area contributed by atoms with Crippen LogP contribution in [0.25, 0.3) is 0 Å². The molecule has 3 heterocycles. The van der Waals surface area contributed by atoms with Crippen LogP contribution in [0.5, 0.6) is 5.75 Å². The Morgan fingerprint density at radius 1 is 1.27 bits per heavy atom. The van der Waals surface area contributed by atoms with Gasteiger partial charge in [0.1, 0.15) is 22.2 Å². The van der Waals surface area contributed by atoms with Crippen molar-refractivity contribution >= 4 is 45.3 Å². The zero-order valence-corrected chi connectivity index (χ0v) is 18.8. The second-order valence-corrected chi connectivity index (χ2v) is 9.13. The molecule has 3 aromatic rings. The first-order valence-corrected chi connectivity index (χ1v) is 11.5. The van der Waals surface area contributed by atoms with Crippen molar-refractivity contribution in [3.63, 3.8) is 0 Å².